The van der Waals surface area contributed by atoms with E-state index in [2.05, 4.69) is 19.8 Å². The fourth-order valence-electron chi connectivity index (χ4n) is 1.24. The summed E-state index contributed by atoms with van der Waals surface area (Å²) in [6.07, 6.45) is 1.37. The van der Waals surface area contributed by atoms with Crippen molar-refractivity contribution in [1.82, 2.24) is 24.4 Å². The van der Waals surface area contributed by atoms with Gasteiger partial charge in [0.2, 0.25) is 0 Å². The first-order valence-electron chi connectivity index (χ1n) is 5.47. The zero-order valence-electron chi connectivity index (χ0n) is 10.9. The monoisotopic (exact) mass is 291 g/mol. The van der Waals surface area contributed by atoms with Gasteiger partial charge in [-0.15, -0.1) is 5.10 Å². The highest BCUT2D eigenvalue weighted by molar-refractivity contribution is 7.87. The summed E-state index contributed by atoms with van der Waals surface area (Å²) >= 11 is 0. The molecule has 10 heteroatoms. The lowest BCUT2D eigenvalue weighted by Crippen LogP contribution is -2.46. The predicted molar refractivity (Wildman–Crippen MR) is 66.3 cm³/mol. The molecule has 1 heterocycles. The minimum atomic E-state index is -3.64. The van der Waals surface area contributed by atoms with Crippen molar-refractivity contribution in [3.63, 3.8) is 0 Å². The molecule has 0 aromatic carbocycles. The van der Waals surface area contributed by atoms with Crippen LogP contribution in [0, 0.1) is 0 Å². The van der Waals surface area contributed by atoms with Gasteiger partial charge in [-0.05, 0) is 20.8 Å². The minimum Gasteiger partial charge on any atom is -0.480 e. The third kappa shape index (κ3) is 6.27. The van der Waals surface area contributed by atoms with Gasteiger partial charge in [0.25, 0.3) is 10.2 Å². The molecule has 19 heavy (non-hydrogen) atoms. The number of carboxylic acids is 1. The Morgan fingerprint density at radius 3 is 2.63 bits per heavy atom. The van der Waals surface area contributed by atoms with Gasteiger partial charge in [-0.2, -0.15) is 17.9 Å². The standard InChI is InChI=1S/C9H17N5O4S/c1-9(2,3)12-19(17,18)10-4-7-5-14(13-11-7)6-8(15)16/h5,10,12H,4,6H2,1-3H3,(H,15,16). The summed E-state index contributed by atoms with van der Waals surface area (Å²) < 4.78 is 29.1. The Morgan fingerprint density at radius 1 is 1.47 bits per heavy atom. The number of rotatable bonds is 6. The molecule has 0 unspecified atom stereocenters. The zero-order chi connectivity index (χ0) is 14.7. The number of aliphatic carboxylic acids is 1. The maximum Gasteiger partial charge on any atom is 0.325 e. The number of carboxylic acid groups (broad SMARTS) is 1. The van der Waals surface area contributed by atoms with Crippen LogP contribution >= 0.6 is 0 Å². The first-order valence-corrected chi connectivity index (χ1v) is 6.95. The van der Waals surface area contributed by atoms with Crippen molar-refractivity contribution in [3.8, 4) is 0 Å². The molecular formula is C9H17N5O4S. The largest absolute Gasteiger partial charge is 0.480 e. The van der Waals surface area contributed by atoms with Gasteiger partial charge in [0.1, 0.15) is 6.54 Å². The molecule has 0 saturated carbocycles. The Kier molecular flexibility index (Phi) is 4.61. The topological polar surface area (TPSA) is 126 Å². The van der Waals surface area contributed by atoms with Crippen LogP contribution in [-0.4, -0.2) is 40.0 Å². The molecule has 108 valence electrons. The lowest BCUT2D eigenvalue weighted by Gasteiger charge is -2.20. The van der Waals surface area contributed by atoms with Gasteiger partial charge in [-0.3, -0.25) is 4.79 Å². The Balaban J connectivity index is 2.57. The van der Waals surface area contributed by atoms with Gasteiger partial charge in [0.15, 0.2) is 0 Å². The molecule has 3 N–H and O–H groups in total. The van der Waals surface area contributed by atoms with Crippen molar-refractivity contribution in [3.05, 3.63) is 11.9 Å². The van der Waals surface area contributed by atoms with Crippen molar-refractivity contribution in [2.45, 2.75) is 39.4 Å². The summed E-state index contributed by atoms with van der Waals surface area (Å²) in [5, 5.41) is 15.8. The van der Waals surface area contributed by atoms with Crippen LogP contribution in [0.3, 0.4) is 0 Å². The molecule has 1 rings (SSSR count). The molecule has 1 aromatic heterocycles. The summed E-state index contributed by atoms with van der Waals surface area (Å²) in [7, 11) is -3.64. The first kappa shape index (κ1) is 15.5. The first-order chi connectivity index (χ1) is 8.57. The van der Waals surface area contributed by atoms with Crippen LogP contribution in [0.1, 0.15) is 26.5 Å². The molecule has 0 aliphatic heterocycles. The molecular weight excluding hydrogens is 274 g/mol. The quantitative estimate of drug-likeness (QED) is 0.622. The maximum absolute atomic E-state index is 11.6. The fourth-order valence-corrected chi connectivity index (χ4v) is 2.46. The third-order valence-corrected chi connectivity index (χ3v) is 3.17. The molecule has 0 bridgehead atoms. The van der Waals surface area contributed by atoms with Gasteiger partial charge in [0.05, 0.1) is 18.4 Å². The normalized spacial score (nSPS) is 12.6. The van der Waals surface area contributed by atoms with E-state index in [9.17, 15) is 13.2 Å². The Hall–Kier alpha value is -1.52. The van der Waals surface area contributed by atoms with Crippen LogP contribution in [0.15, 0.2) is 6.20 Å². The van der Waals surface area contributed by atoms with Crippen molar-refractivity contribution in [2.75, 3.05) is 0 Å². The summed E-state index contributed by atoms with van der Waals surface area (Å²) in [5.41, 5.74) is -0.257. The van der Waals surface area contributed by atoms with E-state index in [1.54, 1.807) is 20.8 Å². The SMILES string of the molecule is CC(C)(C)NS(=O)(=O)NCc1cn(CC(=O)O)nn1. The van der Waals surface area contributed by atoms with Gasteiger partial charge in [-0.25, -0.2) is 4.68 Å². The van der Waals surface area contributed by atoms with E-state index in [4.69, 9.17) is 5.11 Å². The number of nitrogens with one attached hydrogen (secondary N) is 2. The van der Waals surface area contributed by atoms with Crippen LogP contribution in [0.5, 0.6) is 0 Å². The second-order valence-corrected chi connectivity index (χ2v) is 6.48. The highest BCUT2D eigenvalue weighted by Crippen LogP contribution is 2.01. The summed E-state index contributed by atoms with van der Waals surface area (Å²) in [4.78, 5) is 10.4. The predicted octanol–water partition coefficient (Wildman–Crippen LogP) is -0.915. The Labute approximate surface area is 111 Å². The van der Waals surface area contributed by atoms with Gasteiger partial charge < -0.3 is 5.11 Å². The Morgan fingerprint density at radius 2 is 2.11 bits per heavy atom. The number of aromatic nitrogens is 3. The Bertz CT molecular complexity index is 545. The maximum atomic E-state index is 11.6. The van der Waals surface area contributed by atoms with E-state index >= 15 is 0 Å². The van der Waals surface area contributed by atoms with E-state index in [1.807, 2.05) is 0 Å². The van der Waals surface area contributed by atoms with E-state index in [-0.39, 0.29) is 13.1 Å². The van der Waals surface area contributed by atoms with Crippen molar-refractivity contribution < 1.29 is 18.3 Å². The summed E-state index contributed by atoms with van der Waals surface area (Å²) in [6, 6.07) is 0. The minimum absolute atomic E-state index is 0.0645. The van der Waals surface area contributed by atoms with Crippen LogP contribution in [-0.2, 0) is 28.1 Å². The number of hydrogen-bond acceptors (Lipinski definition) is 5. The second kappa shape index (κ2) is 5.63. The second-order valence-electron chi connectivity index (χ2n) is 4.98. The van der Waals surface area contributed by atoms with E-state index in [0.29, 0.717) is 5.69 Å². The van der Waals surface area contributed by atoms with Crippen molar-refractivity contribution in [2.24, 2.45) is 0 Å². The molecule has 0 spiro atoms. The van der Waals surface area contributed by atoms with Gasteiger partial charge in [0, 0.05) is 5.54 Å². The summed E-state index contributed by atoms with van der Waals surface area (Å²) in [5.74, 6) is -1.05. The molecule has 1 aromatic rings. The smallest absolute Gasteiger partial charge is 0.325 e. The van der Waals surface area contributed by atoms with E-state index in [1.165, 1.54) is 6.20 Å². The molecule has 0 saturated heterocycles. The molecule has 0 aliphatic carbocycles. The molecule has 0 fully saturated rings. The zero-order valence-corrected chi connectivity index (χ0v) is 11.7. The van der Waals surface area contributed by atoms with Crippen molar-refractivity contribution >= 4 is 16.2 Å². The average Bonchev–Trinajstić information content (AvgIpc) is 2.58. The van der Waals surface area contributed by atoms with Crippen LogP contribution in [0.4, 0.5) is 0 Å². The van der Waals surface area contributed by atoms with E-state index < -0.39 is 21.7 Å². The lowest BCUT2D eigenvalue weighted by molar-refractivity contribution is -0.137. The highest BCUT2D eigenvalue weighted by Gasteiger charge is 2.19. The summed E-state index contributed by atoms with van der Waals surface area (Å²) in [6.45, 7) is 4.77. The molecule has 0 amide bonds. The van der Waals surface area contributed by atoms with Crippen LogP contribution in [0.25, 0.3) is 0 Å². The van der Waals surface area contributed by atoms with Crippen molar-refractivity contribution in [1.29, 1.82) is 0 Å². The molecule has 0 aliphatic rings. The number of carbonyl (C=O) groups is 1. The number of nitrogens with zero attached hydrogens (tertiary/aromatic N) is 3. The highest BCUT2D eigenvalue weighted by atomic mass is 32.2. The van der Waals surface area contributed by atoms with Crippen LogP contribution in [0.2, 0.25) is 0 Å². The molecule has 9 nitrogen and oxygen atoms in total. The number of hydrogen-bond donors (Lipinski definition) is 3. The van der Waals surface area contributed by atoms with Crippen LogP contribution < -0.4 is 9.44 Å². The molecule has 0 atom stereocenters. The van der Waals surface area contributed by atoms with E-state index in [0.717, 1.165) is 4.68 Å². The average molecular weight is 291 g/mol. The van der Waals surface area contributed by atoms with Gasteiger partial charge in [-0.1, -0.05) is 5.21 Å². The molecule has 0 radical (unpaired) electrons. The third-order valence-electron chi connectivity index (χ3n) is 1.77. The van der Waals surface area contributed by atoms with Gasteiger partial charge >= 0.3 is 5.97 Å². The fraction of sp³-hybridized carbons (Fsp3) is 0.667. The lowest BCUT2D eigenvalue weighted by atomic mass is 10.1.